The first kappa shape index (κ1) is 24.9. The molecule has 1 aliphatic heterocycles. The summed E-state index contributed by atoms with van der Waals surface area (Å²) >= 11 is 4.76. The van der Waals surface area contributed by atoms with Crippen molar-refractivity contribution in [2.75, 3.05) is 32.7 Å². The molecule has 0 fully saturated rings. The average molecular weight is 556 g/mol. The molecule has 0 aliphatic carbocycles. The number of esters is 1. The Bertz CT molecular complexity index is 1490. The molecule has 0 saturated carbocycles. The van der Waals surface area contributed by atoms with Crippen molar-refractivity contribution in [1.29, 1.82) is 0 Å². The van der Waals surface area contributed by atoms with Crippen LogP contribution in [0, 0.1) is 0 Å². The van der Waals surface area contributed by atoms with E-state index in [-0.39, 0.29) is 12.2 Å². The Morgan fingerprint density at radius 3 is 2.57 bits per heavy atom. The van der Waals surface area contributed by atoms with Gasteiger partial charge in [-0.25, -0.2) is 9.79 Å². The second kappa shape index (κ2) is 10.2. The van der Waals surface area contributed by atoms with Crippen LogP contribution in [-0.2, 0) is 9.53 Å². The number of fused-ring (bicyclic) bond motifs is 1. The van der Waals surface area contributed by atoms with E-state index < -0.39 is 12.0 Å². The molecule has 1 unspecified atom stereocenters. The highest BCUT2D eigenvalue weighted by Crippen LogP contribution is 2.31. The molecular weight excluding hydrogens is 530 g/mol. The number of hydrogen-bond acceptors (Lipinski definition) is 7. The number of benzene rings is 2. The van der Waals surface area contributed by atoms with Crippen LogP contribution < -0.4 is 24.5 Å². The van der Waals surface area contributed by atoms with Gasteiger partial charge in [0.25, 0.3) is 5.56 Å². The van der Waals surface area contributed by atoms with Gasteiger partial charge in [0.15, 0.2) is 4.80 Å². The summed E-state index contributed by atoms with van der Waals surface area (Å²) in [6, 6.07) is 12.8. The maximum Gasteiger partial charge on any atom is 0.338 e. The van der Waals surface area contributed by atoms with E-state index in [0.29, 0.717) is 26.4 Å². The number of hydrogen-bond donors (Lipinski definition) is 0. The molecule has 0 saturated heterocycles. The molecule has 0 bridgehead atoms. The normalized spacial score (nSPS) is 15.5. The fourth-order valence-electron chi connectivity index (χ4n) is 4.02. The number of ether oxygens (including phenoxy) is 2. The molecule has 0 spiro atoms. The topological polar surface area (TPSA) is 73.1 Å². The summed E-state index contributed by atoms with van der Waals surface area (Å²) in [5.74, 6) is 0.177. The molecule has 1 aliphatic rings. The highest BCUT2D eigenvalue weighted by Gasteiger charge is 2.33. The van der Waals surface area contributed by atoms with E-state index >= 15 is 0 Å². The molecule has 35 heavy (non-hydrogen) atoms. The first-order chi connectivity index (χ1) is 16.7. The lowest BCUT2D eigenvalue weighted by Gasteiger charge is -2.25. The number of methoxy groups -OCH3 is 1. The highest BCUT2D eigenvalue weighted by atomic mass is 79.9. The van der Waals surface area contributed by atoms with Crippen LogP contribution in [0.4, 0.5) is 5.69 Å². The van der Waals surface area contributed by atoms with E-state index in [1.54, 1.807) is 31.6 Å². The van der Waals surface area contributed by atoms with Crippen molar-refractivity contribution < 1.29 is 14.3 Å². The van der Waals surface area contributed by atoms with Gasteiger partial charge in [0.1, 0.15) is 5.75 Å². The lowest BCUT2D eigenvalue weighted by molar-refractivity contribution is -0.139. The van der Waals surface area contributed by atoms with Gasteiger partial charge in [-0.15, -0.1) is 0 Å². The summed E-state index contributed by atoms with van der Waals surface area (Å²) in [5.41, 5.74) is 3.26. The summed E-state index contributed by atoms with van der Waals surface area (Å²) in [4.78, 5) is 33.9. The van der Waals surface area contributed by atoms with Crippen molar-refractivity contribution in [2.24, 2.45) is 4.99 Å². The van der Waals surface area contributed by atoms with E-state index in [1.807, 2.05) is 61.5 Å². The van der Waals surface area contributed by atoms with Crippen LogP contribution in [0.15, 0.2) is 68.0 Å². The van der Waals surface area contributed by atoms with Crippen LogP contribution in [0.3, 0.4) is 0 Å². The van der Waals surface area contributed by atoms with Crippen molar-refractivity contribution in [2.45, 2.75) is 19.9 Å². The predicted molar refractivity (Wildman–Crippen MR) is 142 cm³/mol. The van der Waals surface area contributed by atoms with Gasteiger partial charge in [0, 0.05) is 29.8 Å². The molecule has 1 aromatic heterocycles. The zero-order valence-corrected chi connectivity index (χ0v) is 22.6. The van der Waals surface area contributed by atoms with Gasteiger partial charge in [-0.1, -0.05) is 39.4 Å². The summed E-state index contributed by atoms with van der Waals surface area (Å²) < 4.78 is 13.8. The Kier molecular flexibility index (Phi) is 7.28. The summed E-state index contributed by atoms with van der Waals surface area (Å²) in [6.45, 7) is 3.77. The average Bonchev–Trinajstić information content (AvgIpc) is 3.13. The van der Waals surface area contributed by atoms with Gasteiger partial charge in [-0.05, 0) is 55.8 Å². The molecule has 4 rings (SSSR count). The summed E-state index contributed by atoms with van der Waals surface area (Å²) in [7, 11) is 5.51. The van der Waals surface area contributed by atoms with E-state index in [9.17, 15) is 9.59 Å². The van der Waals surface area contributed by atoms with Gasteiger partial charge in [0.05, 0.1) is 35.6 Å². The molecule has 0 amide bonds. The van der Waals surface area contributed by atoms with E-state index in [1.165, 1.54) is 11.3 Å². The number of rotatable bonds is 6. The summed E-state index contributed by atoms with van der Waals surface area (Å²) in [6.07, 6.45) is 1.79. The number of anilines is 1. The molecule has 9 heteroatoms. The zero-order valence-electron chi connectivity index (χ0n) is 20.2. The number of aromatic nitrogens is 1. The van der Waals surface area contributed by atoms with Gasteiger partial charge < -0.3 is 14.4 Å². The molecular formula is C26H26BrN3O4S. The summed E-state index contributed by atoms with van der Waals surface area (Å²) in [5, 5.41) is 0. The minimum absolute atomic E-state index is 0.230. The van der Waals surface area contributed by atoms with Gasteiger partial charge >= 0.3 is 5.97 Å². The van der Waals surface area contributed by atoms with Crippen LogP contribution in [0.25, 0.3) is 6.08 Å². The lowest BCUT2D eigenvalue weighted by atomic mass is 9.95. The van der Waals surface area contributed by atoms with Gasteiger partial charge in [-0.3, -0.25) is 9.36 Å². The maximum absolute atomic E-state index is 13.7. The van der Waals surface area contributed by atoms with Crippen LogP contribution in [-0.4, -0.2) is 38.3 Å². The Balaban J connectivity index is 1.95. The Labute approximate surface area is 215 Å². The minimum atomic E-state index is -0.645. The number of carbonyl (C=O) groups is 1. The molecule has 0 radical (unpaired) electrons. The maximum atomic E-state index is 13.7. The standard InChI is InChI=1S/C26H26BrN3O4S/c1-6-34-25(32)22-15(2)28-26-30(23(22)16-7-10-19(11-8-16)29(3)4)24(31)21(35-26)14-17-13-18(27)9-12-20(17)33-5/h7-14,23H,6H2,1-5H3/b21-14-. The fraction of sp³-hybridized carbons (Fsp3) is 0.269. The minimum Gasteiger partial charge on any atom is -0.496 e. The van der Waals surface area contributed by atoms with Gasteiger partial charge in [-0.2, -0.15) is 0 Å². The van der Waals surface area contributed by atoms with E-state index in [0.717, 1.165) is 21.3 Å². The van der Waals surface area contributed by atoms with E-state index in [2.05, 4.69) is 20.9 Å². The number of allylic oxidation sites excluding steroid dienone is 1. The Morgan fingerprint density at radius 2 is 1.94 bits per heavy atom. The second-order valence-electron chi connectivity index (χ2n) is 8.17. The molecule has 3 aromatic rings. The number of nitrogens with zero attached hydrogens (tertiary/aromatic N) is 3. The first-order valence-electron chi connectivity index (χ1n) is 11.1. The van der Waals surface area contributed by atoms with Crippen molar-refractivity contribution in [3.8, 4) is 5.75 Å². The monoisotopic (exact) mass is 555 g/mol. The molecule has 7 nitrogen and oxygen atoms in total. The molecule has 182 valence electrons. The largest absolute Gasteiger partial charge is 0.496 e. The van der Waals surface area contributed by atoms with E-state index in [4.69, 9.17) is 9.47 Å². The predicted octanol–water partition coefficient (Wildman–Crippen LogP) is 3.64. The number of thiazole rings is 1. The second-order valence-corrected chi connectivity index (χ2v) is 10.1. The van der Waals surface area contributed by atoms with Crippen LogP contribution in [0.5, 0.6) is 5.75 Å². The number of carbonyl (C=O) groups excluding carboxylic acids is 1. The van der Waals surface area contributed by atoms with Crippen LogP contribution in [0.2, 0.25) is 0 Å². The Hall–Kier alpha value is -3.17. The smallest absolute Gasteiger partial charge is 0.338 e. The fourth-order valence-corrected chi connectivity index (χ4v) is 5.44. The molecule has 2 heterocycles. The van der Waals surface area contributed by atoms with Crippen LogP contribution >= 0.6 is 27.3 Å². The highest BCUT2D eigenvalue weighted by molar-refractivity contribution is 9.10. The lowest BCUT2D eigenvalue weighted by Crippen LogP contribution is -2.40. The molecule has 2 aromatic carbocycles. The molecule has 0 N–H and O–H groups in total. The first-order valence-corrected chi connectivity index (χ1v) is 12.7. The van der Waals surface area contributed by atoms with Crippen LogP contribution in [0.1, 0.15) is 31.0 Å². The molecule has 1 atom stereocenters. The SMILES string of the molecule is CCOC(=O)C1=C(C)N=c2s/c(=C\c3cc(Br)ccc3OC)c(=O)n2C1c1ccc(N(C)C)cc1. The van der Waals surface area contributed by atoms with Crippen molar-refractivity contribution >= 4 is 45.0 Å². The van der Waals surface area contributed by atoms with Crippen molar-refractivity contribution in [3.63, 3.8) is 0 Å². The van der Waals surface area contributed by atoms with Crippen molar-refractivity contribution in [3.05, 3.63) is 89.0 Å². The number of halogens is 1. The van der Waals surface area contributed by atoms with Crippen molar-refractivity contribution in [1.82, 2.24) is 4.57 Å². The van der Waals surface area contributed by atoms with Gasteiger partial charge in [0.2, 0.25) is 0 Å². The zero-order chi connectivity index (χ0) is 25.3. The third kappa shape index (κ3) is 4.83. The quantitative estimate of drug-likeness (QED) is 0.434. The Morgan fingerprint density at radius 1 is 1.23 bits per heavy atom. The third-order valence-electron chi connectivity index (χ3n) is 5.72. The third-order valence-corrected chi connectivity index (χ3v) is 7.20.